The molecule has 1 aliphatic heterocycles. The number of benzene rings is 1. The number of pyridine rings is 1. The van der Waals surface area contributed by atoms with E-state index in [9.17, 15) is 18.7 Å². The molecule has 1 aliphatic rings. The molecule has 0 radical (unpaired) electrons. The maximum atomic E-state index is 12.6. The Kier molecular flexibility index (Phi) is 8.69. The summed E-state index contributed by atoms with van der Waals surface area (Å²) in [5.74, 6) is -0.737. The molecule has 0 spiro atoms. The molecular formula is C22H26F2N4O2. The van der Waals surface area contributed by atoms with E-state index < -0.39 is 17.7 Å². The Labute approximate surface area is 175 Å². The molecule has 1 amide bonds. The average molecular weight is 416 g/mol. The largest absolute Gasteiger partial charge is 0.388 e. The molecule has 160 valence electrons. The molecule has 1 atom stereocenters. The molecule has 0 bridgehead atoms. The minimum Gasteiger partial charge on any atom is -0.388 e. The quantitative estimate of drug-likeness (QED) is 0.781. The summed E-state index contributed by atoms with van der Waals surface area (Å²) in [4.78, 5) is 19.6. The second kappa shape index (κ2) is 11.2. The van der Waals surface area contributed by atoms with Gasteiger partial charge >= 0.3 is 0 Å². The van der Waals surface area contributed by atoms with Crippen LogP contribution in [0.4, 0.5) is 14.6 Å². The van der Waals surface area contributed by atoms with Crippen LogP contribution in [0.5, 0.6) is 0 Å². The summed E-state index contributed by atoms with van der Waals surface area (Å²) in [6.07, 6.45) is 2.99. The van der Waals surface area contributed by atoms with Gasteiger partial charge in [-0.15, -0.1) is 0 Å². The van der Waals surface area contributed by atoms with Crippen molar-refractivity contribution in [2.45, 2.75) is 32.3 Å². The number of aromatic nitrogens is 1. The standard InChI is InChI=1S/C13H16N4O.C9H10F2O/c1-16(7-8-17-6-2-3-13(17)18)12-5-4-11(9-14)10-15-12;1-2-9(12)6-3-4-7(10)8(11)5-6/h4-5,10H,2-3,6-8H2,1H3;3-5,9,12H,2H2,1H3. The van der Waals surface area contributed by atoms with Crippen LogP contribution in [0.25, 0.3) is 0 Å². The van der Waals surface area contributed by atoms with Crippen molar-refractivity contribution < 1.29 is 18.7 Å². The highest BCUT2D eigenvalue weighted by atomic mass is 19.2. The first-order valence-corrected chi connectivity index (χ1v) is 9.83. The van der Waals surface area contributed by atoms with Gasteiger partial charge in [0.15, 0.2) is 11.6 Å². The lowest BCUT2D eigenvalue weighted by Crippen LogP contribution is -2.34. The lowest BCUT2D eigenvalue weighted by molar-refractivity contribution is -0.127. The Bertz CT molecular complexity index is 884. The molecule has 0 saturated carbocycles. The summed E-state index contributed by atoms with van der Waals surface area (Å²) >= 11 is 0. The van der Waals surface area contributed by atoms with Gasteiger partial charge in [-0.2, -0.15) is 5.26 Å². The Morgan fingerprint density at radius 1 is 1.30 bits per heavy atom. The van der Waals surface area contributed by atoms with Gasteiger partial charge in [0.05, 0.1) is 11.7 Å². The van der Waals surface area contributed by atoms with Crippen molar-refractivity contribution in [1.82, 2.24) is 9.88 Å². The summed E-state index contributed by atoms with van der Waals surface area (Å²) in [5, 5.41) is 18.0. The van der Waals surface area contributed by atoms with Crippen LogP contribution >= 0.6 is 0 Å². The minimum atomic E-state index is -0.917. The van der Waals surface area contributed by atoms with Crippen molar-refractivity contribution in [1.29, 1.82) is 5.26 Å². The van der Waals surface area contributed by atoms with E-state index in [4.69, 9.17) is 5.26 Å². The van der Waals surface area contributed by atoms with Crippen molar-refractivity contribution in [3.8, 4) is 6.07 Å². The van der Waals surface area contributed by atoms with Gasteiger partial charge in [0.2, 0.25) is 5.91 Å². The number of anilines is 1. The highest BCUT2D eigenvalue weighted by molar-refractivity contribution is 5.78. The Balaban J connectivity index is 0.000000232. The zero-order valence-corrected chi connectivity index (χ0v) is 17.2. The highest BCUT2D eigenvalue weighted by Crippen LogP contribution is 2.18. The number of aliphatic hydroxyl groups is 1. The molecule has 1 fully saturated rings. The summed E-state index contributed by atoms with van der Waals surface area (Å²) in [6, 6.07) is 9.03. The van der Waals surface area contributed by atoms with Gasteiger partial charge in [-0.3, -0.25) is 4.79 Å². The molecule has 1 N–H and O–H groups in total. The van der Waals surface area contributed by atoms with E-state index in [0.717, 1.165) is 44.0 Å². The second-order valence-electron chi connectivity index (χ2n) is 7.02. The number of likely N-dealkylation sites (N-methyl/N-ethyl adjacent to an activating group) is 1. The number of halogens is 2. The van der Waals surface area contributed by atoms with Crippen molar-refractivity contribution in [3.05, 3.63) is 59.3 Å². The van der Waals surface area contributed by atoms with E-state index in [0.29, 0.717) is 24.0 Å². The van der Waals surface area contributed by atoms with E-state index in [1.165, 1.54) is 6.07 Å². The van der Waals surface area contributed by atoms with Crippen molar-refractivity contribution >= 4 is 11.7 Å². The molecule has 3 rings (SSSR count). The first kappa shape index (κ1) is 23.2. The average Bonchev–Trinajstić information content (AvgIpc) is 3.18. The molecule has 0 aliphatic carbocycles. The topological polar surface area (TPSA) is 80.5 Å². The molecule has 6 nitrogen and oxygen atoms in total. The fraction of sp³-hybridized carbons (Fsp3) is 0.409. The number of carbonyl (C=O) groups excluding carboxylic acids is 1. The SMILES string of the molecule is CCC(O)c1ccc(F)c(F)c1.CN(CCN1CCCC1=O)c1ccc(C#N)cn1. The zero-order chi connectivity index (χ0) is 22.1. The number of nitrogens with zero attached hydrogens (tertiary/aromatic N) is 4. The minimum absolute atomic E-state index is 0.246. The van der Waals surface area contributed by atoms with Crippen LogP contribution < -0.4 is 4.90 Å². The van der Waals surface area contributed by atoms with Crippen molar-refractivity contribution in [2.24, 2.45) is 0 Å². The number of nitriles is 1. The molecule has 2 aromatic rings. The van der Waals surface area contributed by atoms with E-state index in [2.05, 4.69) is 4.98 Å². The summed E-state index contributed by atoms with van der Waals surface area (Å²) in [6.45, 7) is 4.13. The van der Waals surface area contributed by atoms with Crippen LogP contribution in [0.15, 0.2) is 36.5 Å². The first-order chi connectivity index (χ1) is 14.3. The second-order valence-corrected chi connectivity index (χ2v) is 7.02. The number of rotatable bonds is 6. The fourth-order valence-corrected chi connectivity index (χ4v) is 2.96. The first-order valence-electron chi connectivity index (χ1n) is 9.83. The van der Waals surface area contributed by atoms with Crippen LogP contribution in [0.2, 0.25) is 0 Å². The highest BCUT2D eigenvalue weighted by Gasteiger charge is 2.19. The number of likely N-dealkylation sites (tertiary alicyclic amines) is 1. The predicted molar refractivity (Wildman–Crippen MR) is 110 cm³/mol. The van der Waals surface area contributed by atoms with Gasteiger partial charge < -0.3 is 14.9 Å². The van der Waals surface area contributed by atoms with Gasteiger partial charge in [0.25, 0.3) is 0 Å². The lowest BCUT2D eigenvalue weighted by atomic mass is 10.1. The van der Waals surface area contributed by atoms with Crippen LogP contribution in [0.3, 0.4) is 0 Å². The lowest BCUT2D eigenvalue weighted by Gasteiger charge is -2.22. The van der Waals surface area contributed by atoms with Crippen LogP contribution in [0.1, 0.15) is 43.4 Å². The molecule has 1 saturated heterocycles. The van der Waals surface area contributed by atoms with E-state index in [1.54, 1.807) is 19.2 Å². The molecule has 1 aromatic heterocycles. The molecule has 30 heavy (non-hydrogen) atoms. The Morgan fingerprint density at radius 3 is 2.60 bits per heavy atom. The van der Waals surface area contributed by atoms with Gasteiger partial charge in [-0.1, -0.05) is 13.0 Å². The molecule has 1 unspecified atom stereocenters. The molecule has 2 heterocycles. The molecule has 1 aromatic carbocycles. The Hall–Kier alpha value is -3.05. The van der Waals surface area contributed by atoms with Gasteiger partial charge in [-0.05, 0) is 42.7 Å². The third-order valence-corrected chi connectivity index (χ3v) is 4.86. The van der Waals surface area contributed by atoms with Gasteiger partial charge in [0.1, 0.15) is 11.9 Å². The summed E-state index contributed by atoms with van der Waals surface area (Å²) < 4.78 is 25.0. The zero-order valence-electron chi connectivity index (χ0n) is 17.2. The summed E-state index contributed by atoms with van der Waals surface area (Å²) in [7, 11) is 1.94. The molecular weight excluding hydrogens is 390 g/mol. The monoisotopic (exact) mass is 416 g/mol. The van der Waals surface area contributed by atoms with E-state index >= 15 is 0 Å². The van der Waals surface area contributed by atoms with E-state index in [1.807, 2.05) is 29.0 Å². The summed E-state index contributed by atoms with van der Waals surface area (Å²) in [5.41, 5.74) is 0.971. The van der Waals surface area contributed by atoms with Crippen LogP contribution in [-0.2, 0) is 4.79 Å². The van der Waals surface area contributed by atoms with Crippen LogP contribution in [-0.4, -0.2) is 47.6 Å². The Morgan fingerprint density at radius 2 is 2.07 bits per heavy atom. The smallest absolute Gasteiger partial charge is 0.222 e. The maximum absolute atomic E-state index is 12.6. The maximum Gasteiger partial charge on any atom is 0.222 e. The van der Waals surface area contributed by atoms with Crippen molar-refractivity contribution in [3.63, 3.8) is 0 Å². The third kappa shape index (κ3) is 6.49. The number of hydrogen-bond donors (Lipinski definition) is 1. The molecule has 8 heteroatoms. The fourth-order valence-electron chi connectivity index (χ4n) is 2.96. The third-order valence-electron chi connectivity index (χ3n) is 4.86. The van der Waals surface area contributed by atoms with E-state index in [-0.39, 0.29) is 5.91 Å². The predicted octanol–water partition coefficient (Wildman–Crippen LogP) is 3.42. The number of hydrogen-bond acceptors (Lipinski definition) is 5. The normalized spacial score (nSPS) is 14.0. The number of carbonyl (C=O) groups is 1. The van der Waals surface area contributed by atoms with Gasteiger partial charge in [0, 0.05) is 39.3 Å². The number of aliphatic hydroxyl groups excluding tert-OH is 1. The number of amides is 1. The van der Waals surface area contributed by atoms with Gasteiger partial charge in [-0.25, -0.2) is 13.8 Å². The van der Waals surface area contributed by atoms with Crippen LogP contribution in [0, 0.1) is 23.0 Å². The van der Waals surface area contributed by atoms with Crippen molar-refractivity contribution in [2.75, 3.05) is 31.6 Å².